The molecule has 0 amide bonds. The van der Waals surface area contributed by atoms with Crippen molar-refractivity contribution in [3.05, 3.63) is 59.7 Å². The topological polar surface area (TPSA) is 33.7 Å². The molecule has 0 bridgehead atoms. The van der Waals surface area contributed by atoms with Gasteiger partial charge < -0.3 is 19.7 Å². The maximum atomic E-state index is 5.47. The molecular formula is C21H28N2O2S. The van der Waals surface area contributed by atoms with Crippen LogP contribution in [-0.4, -0.2) is 44.4 Å². The van der Waals surface area contributed by atoms with E-state index in [1.54, 1.807) is 14.2 Å². The first kappa shape index (κ1) is 20.0. The minimum absolute atomic E-state index is 0.761. The molecule has 4 nitrogen and oxygen atoms in total. The number of hydrogen-bond donors (Lipinski definition) is 1. The molecule has 140 valence electrons. The second kappa shape index (κ2) is 10.7. The molecule has 2 rings (SSSR count). The second-order valence-corrected chi connectivity index (χ2v) is 6.57. The lowest BCUT2D eigenvalue weighted by Gasteiger charge is -2.21. The summed E-state index contributed by atoms with van der Waals surface area (Å²) in [5, 5.41) is 4.13. The Kier molecular flexibility index (Phi) is 8.22. The predicted octanol–water partition coefficient (Wildman–Crippen LogP) is 3.69. The van der Waals surface area contributed by atoms with Gasteiger partial charge in [0.25, 0.3) is 0 Å². The Morgan fingerprint density at radius 3 is 2.38 bits per heavy atom. The fourth-order valence-corrected chi connectivity index (χ4v) is 2.94. The highest BCUT2D eigenvalue weighted by Gasteiger charge is 2.07. The molecule has 0 aromatic heterocycles. The number of aryl methyl sites for hydroxylation is 1. The molecule has 0 spiro atoms. The van der Waals surface area contributed by atoms with Crippen LogP contribution in [0.4, 0.5) is 0 Å². The number of hydrogen-bond acceptors (Lipinski definition) is 3. The normalized spacial score (nSPS) is 10.3. The molecule has 0 saturated carbocycles. The van der Waals surface area contributed by atoms with E-state index in [4.69, 9.17) is 21.7 Å². The quantitative estimate of drug-likeness (QED) is 0.679. The van der Waals surface area contributed by atoms with E-state index in [2.05, 4.69) is 40.5 Å². The molecule has 0 radical (unpaired) electrons. The Balaban J connectivity index is 1.70. The largest absolute Gasteiger partial charge is 0.493 e. The van der Waals surface area contributed by atoms with Crippen LogP contribution in [-0.2, 0) is 12.8 Å². The number of ether oxygens (including phenoxy) is 2. The van der Waals surface area contributed by atoms with E-state index >= 15 is 0 Å². The van der Waals surface area contributed by atoms with E-state index in [9.17, 15) is 0 Å². The SMILES string of the molecule is COc1ccc(CCCN(C)C(=S)NCCc2ccccc2)cc1OC. The van der Waals surface area contributed by atoms with Gasteiger partial charge in [0, 0.05) is 20.1 Å². The average molecular weight is 373 g/mol. The Morgan fingerprint density at radius 1 is 0.962 bits per heavy atom. The fourth-order valence-electron chi connectivity index (χ4n) is 2.75. The summed E-state index contributed by atoms with van der Waals surface area (Å²) in [6.07, 6.45) is 2.96. The Morgan fingerprint density at radius 2 is 1.69 bits per heavy atom. The highest BCUT2D eigenvalue weighted by molar-refractivity contribution is 7.80. The summed E-state index contributed by atoms with van der Waals surface area (Å²) in [4.78, 5) is 2.10. The van der Waals surface area contributed by atoms with Gasteiger partial charge in [-0.15, -0.1) is 0 Å². The first-order chi connectivity index (χ1) is 12.6. The molecule has 0 aliphatic carbocycles. The summed E-state index contributed by atoms with van der Waals surface area (Å²) in [5.41, 5.74) is 2.55. The van der Waals surface area contributed by atoms with Gasteiger partial charge in [-0.1, -0.05) is 36.4 Å². The van der Waals surface area contributed by atoms with Crippen LogP contribution in [0.2, 0.25) is 0 Å². The predicted molar refractivity (Wildman–Crippen MR) is 111 cm³/mol. The van der Waals surface area contributed by atoms with Gasteiger partial charge >= 0.3 is 0 Å². The molecule has 0 atom stereocenters. The van der Waals surface area contributed by atoms with Crippen molar-refractivity contribution in [2.24, 2.45) is 0 Å². The van der Waals surface area contributed by atoms with Gasteiger partial charge in [0.15, 0.2) is 16.6 Å². The summed E-state index contributed by atoms with van der Waals surface area (Å²) in [6, 6.07) is 16.5. The van der Waals surface area contributed by atoms with Gasteiger partial charge in [0.05, 0.1) is 14.2 Å². The Labute approximate surface area is 162 Å². The van der Waals surface area contributed by atoms with Gasteiger partial charge in [0.1, 0.15) is 0 Å². The standard InChI is InChI=1S/C21H28N2O2S/c1-23(21(26)22-14-13-17-8-5-4-6-9-17)15-7-10-18-11-12-19(24-2)20(16-18)25-3/h4-6,8-9,11-12,16H,7,10,13-15H2,1-3H3,(H,22,26). The lowest BCUT2D eigenvalue weighted by Crippen LogP contribution is -2.38. The highest BCUT2D eigenvalue weighted by atomic mass is 32.1. The first-order valence-corrected chi connectivity index (χ1v) is 9.28. The molecule has 26 heavy (non-hydrogen) atoms. The van der Waals surface area contributed by atoms with Gasteiger partial charge in [-0.3, -0.25) is 0 Å². The van der Waals surface area contributed by atoms with Crippen molar-refractivity contribution in [2.45, 2.75) is 19.3 Å². The molecule has 0 heterocycles. The number of thiocarbonyl (C=S) groups is 1. The lowest BCUT2D eigenvalue weighted by atomic mass is 10.1. The van der Waals surface area contributed by atoms with Crippen molar-refractivity contribution in [3.63, 3.8) is 0 Å². The smallest absolute Gasteiger partial charge is 0.168 e. The van der Waals surface area contributed by atoms with Crippen LogP contribution in [0, 0.1) is 0 Å². The summed E-state index contributed by atoms with van der Waals surface area (Å²) in [7, 11) is 5.35. The van der Waals surface area contributed by atoms with Crippen molar-refractivity contribution >= 4 is 17.3 Å². The van der Waals surface area contributed by atoms with Crippen LogP contribution >= 0.6 is 12.2 Å². The minimum Gasteiger partial charge on any atom is -0.493 e. The summed E-state index contributed by atoms with van der Waals surface area (Å²) in [6.45, 7) is 1.76. The third kappa shape index (κ3) is 6.23. The zero-order valence-corrected chi connectivity index (χ0v) is 16.6. The molecule has 0 unspecified atom stereocenters. The lowest BCUT2D eigenvalue weighted by molar-refractivity contribution is 0.354. The fraction of sp³-hybridized carbons (Fsp3) is 0.381. The first-order valence-electron chi connectivity index (χ1n) is 8.88. The third-order valence-corrected chi connectivity index (χ3v) is 4.74. The molecule has 2 aromatic carbocycles. The molecule has 0 aliphatic heterocycles. The Bertz CT molecular complexity index is 692. The van der Waals surface area contributed by atoms with Crippen molar-refractivity contribution in [2.75, 3.05) is 34.4 Å². The van der Waals surface area contributed by atoms with E-state index in [-0.39, 0.29) is 0 Å². The summed E-state index contributed by atoms with van der Waals surface area (Å²) < 4.78 is 10.6. The van der Waals surface area contributed by atoms with Crippen LogP contribution in [0.15, 0.2) is 48.5 Å². The molecule has 2 aromatic rings. The maximum Gasteiger partial charge on any atom is 0.168 e. The molecule has 1 N–H and O–H groups in total. The highest BCUT2D eigenvalue weighted by Crippen LogP contribution is 2.27. The van der Waals surface area contributed by atoms with Crippen LogP contribution in [0.25, 0.3) is 0 Å². The average Bonchev–Trinajstić information content (AvgIpc) is 2.68. The van der Waals surface area contributed by atoms with Gasteiger partial charge in [0.2, 0.25) is 0 Å². The van der Waals surface area contributed by atoms with Crippen LogP contribution in [0.1, 0.15) is 17.5 Å². The van der Waals surface area contributed by atoms with E-state index < -0.39 is 0 Å². The molecule has 0 fully saturated rings. The second-order valence-electron chi connectivity index (χ2n) is 6.18. The maximum absolute atomic E-state index is 5.47. The molecule has 0 aliphatic rings. The number of nitrogens with zero attached hydrogens (tertiary/aromatic N) is 1. The zero-order chi connectivity index (χ0) is 18.8. The molecule has 5 heteroatoms. The van der Waals surface area contributed by atoms with Crippen LogP contribution < -0.4 is 14.8 Å². The number of rotatable bonds is 9. The van der Waals surface area contributed by atoms with Crippen LogP contribution in [0.3, 0.4) is 0 Å². The summed E-state index contributed by atoms with van der Waals surface area (Å²) >= 11 is 5.47. The monoisotopic (exact) mass is 372 g/mol. The van der Waals surface area contributed by atoms with Gasteiger partial charge in [-0.05, 0) is 54.7 Å². The number of nitrogens with one attached hydrogen (secondary N) is 1. The van der Waals surface area contributed by atoms with Crippen LogP contribution in [0.5, 0.6) is 11.5 Å². The van der Waals surface area contributed by atoms with Gasteiger partial charge in [-0.25, -0.2) is 0 Å². The molecule has 0 saturated heterocycles. The minimum atomic E-state index is 0.761. The van der Waals surface area contributed by atoms with E-state index in [1.807, 2.05) is 25.2 Å². The van der Waals surface area contributed by atoms with Crippen molar-refractivity contribution in [1.29, 1.82) is 0 Å². The van der Waals surface area contributed by atoms with Gasteiger partial charge in [-0.2, -0.15) is 0 Å². The van der Waals surface area contributed by atoms with E-state index in [0.29, 0.717) is 0 Å². The third-order valence-electron chi connectivity index (χ3n) is 4.29. The Hall–Kier alpha value is -2.27. The molecular weight excluding hydrogens is 344 g/mol. The van der Waals surface area contributed by atoms with E-state index in [1.165, 1.54) is 11.1 Å². The number of methoxy groups -OCH3 is 2. The number of benzene rings is 2. The van der Waals surface area contributed by atoms with Crippen molar-refractivity contribution in [1.82, 2.24) is 10.2 Å². The van der Waals surface area contributed by atoms with Crippen molar-refractivity contribution in [3.8, 4) is 11.5 Å². The zero-order valence-electron chi connectivity index (χ0n) is 15.8. The summed E-state index contributed by atoms with van der Waals surface area (Å²) in [5.74, 6) is 1.54. The van der Waals surface area contributed by atoms with Crippen molar-refractivity contribution < 1.29 is 9.47 Å². The van der Waals surface area contributed by atoms with E-state index in [0.717, 1.165) is 49.0 Å².